The number of aromatic nitrogens is 2. The molecule has 1 atom stereocenters. The number of hydrogen-bond acceptors (Lipinski definition) is 8. The zero-order valence-corrected chi connectivity index (χ0v) is 18.8. The predicted octanol–water partition coefficient (Wildman–Crippen LogP) is 1.78. The zero-order valence-electron chi connectivity index (χ0n) is 17.2. The van der Waals surface area contributed by atoms with Crippen molar-refractivity contribution in [2.45, 2.75) is 31.5 Å². The number of thioether (sulfide) groups is 1. The van der Waals surface area contributed by atoms with Gasteiger partial charge in [0.1, 0.15) is 0 Å². The molecule has 1 aromatic carbocycles. The van der Waals surface area contributed by atoms with Crippen LogP contribution >= 0.6 is 11.8 Å². The van der Waals surface area contributed by atoms with E-state index >= 15 is 0 Å². The van der Waals surface area contributed by atoms with E-state index in [4.69, 9.17) is 4.42 Å². The summed E-state index contributed by atoms with van der Waals surface area (Å²) in [5.74, 6) is 1.25. The first kappa shape index (κ1) is 21.3. The number of piperazine rings is 1. The van der Waals surface area contributed by atoms with Crippen molar-refractivity contribution in [1.82, 2.24) is 20.0 Å². The molecule has 1 aromatic heterocycles. The molecule has 0 saturated carbocycles. The molecule has 0 N–H and O–H groups in total. The van der Waals surface area contributed by atoms with Gasteiger partial charge in [0, 0.05) is 37.8 Å². The molecule has 0 spiro atoms. The summed E-state index contributed by atoms with van der Waals surface area (Å²) in [7, 11) is -2.89. The molecule has 2 aliphatic heterocycles. The second kappa shape index (κ2) is 8.68. The highest BCUT2D eigenvalue weighted by atomic mass is 32.2. The molecule has 3 heterocycles. The van der Waals surface area contributed by atoms with E-state index in [1.165, 1.54) is 17.3 Å². The highest BCUT2D eigenvalue weighted by Crippen LogP contribution is 2.25. The van der Waals surface area contributed by atoms with Crippen molar-refractivity contribution in [2.75, 3.05) is 43.4 Å². The Hall–Kier alpha value is -1.91. The van der Waals surface area contributed by atoms with E-state index in [9.17, 15) is 13.2 Å². The fraction of sp³-hybridized carbons (Fsp3) is 0.550. The number of aryl methyl sites for hydroxylation is 2. The molecule has 2 fully saturated rings. The summed E-state index contributed by atoms with van der Waals surface area (Å²) in [6, 6.07) is 6.08. The summed E-state index contributed by atoms with van der Waals surface area (Å²) in [6.45, 7) is 6.76. The SMILES string of the molecule is Cc1ccc(-c2nnc(SCC(=O)N3CCN(C4CCS(=O)(=O)C4)CC3)o2)cc1C. The van der Waals surface area contributed by atoms with Gasteiger partial charge in [0.2, 0.25) is 11.8 Å². The predicted molar refractivity (Wildman–Crippen MR) is 115 cm³/mol. The molecule has 162 valence electrons. The van der Waals surface area contributed by atoms with E-state index in [2.05, 4.69) is 22.0 Å². The first-order chi connectivity index (χ1) is 14.3. The van der Waals surface area contributed by atoms with Gasteiger partial charge in [-0.2, -0.15) is 0 Å². The lowest BCUT2D eigenvalue weighted by molar-refractivity contribution is -0.130. The van der Waals surface area contributed by atoms with Gasteiger partial charge >= 0.3 is 0 Å². The summed E-state index contributed by atoms with van der Waals surface area (Å²) < 4.78 is 29.1. The molecule has 0 aliphatic carbocycles. The topological polar surface area (TPSA) is 96.6 Å². The molecule has 10 heteroatoms. The van der Waals surface area contributed by atoms with Crippen LogP contribution in [0.15, 0.2) is 27.8 Å². The van der Waals surface area contributed by atoms with Crippen molar-refractivity contribution in [2.24, 2.45) is 0 Å². The second-order valence-electron chi connectivity index (χ2n) is 7.93. The number of rotatable bonds is 5. The number of amides is 1. The summed E-state index contributed by atoms with van der Waals surface area (Å²) in [5.41, 5.74) is 3.23. The normalized spacial score (nSPS) is 21.8. The minimum Gasteiger partial charge on any atom is -0.411 e. The number of hydrogen-bond donors (Lipinski definition) is 0. The number of carbonyl (C=O) groups is 1. The van der Waals surface area contributed by atoms with Crippen LogP contribution in [-0.4, -0.2) is 83.8 Å². The van der Waals surface area contributed by atoms with Crippen molar-refractivity contribution in [3.05, 3.63) is 29.3 Å². The summed E-state index contributed by atoms with van der Waals surface area (Å²) in [4.78, 5) is 16.6. The molecule has 1 amide bonds. The smallest absolute Gasteiger partial charge is 0.277 e. The third-order valence-electron chi connectivity index (χ3n) is 5.87. The molecule has 4 rings (SSSR count). The Morgan fingerprint density at radius 3 is 2.60 bits per heavy atom. The Bertz CT molecular complexity index is 1030. The molecular weight excluding hydrogens is 424 g/mol. The zero-order chi connectivity index (χ0) is 21.3. The summed E-state index contributed by atoms with van der Waals surface area (Å²) in [6.07, 6.45) is 0.701. The van der Waals surface area contributed by atoms with Crippen LogP contribution in [0.1, 0.15) is 17.5 Å². The van der Waals surface area contributed by atoms with Gasteiger partial charge in [-0.1, -0.05) is 17.8 Å². The maximum absolute atomic E-state index is 12.6. The third kappa shape index (κ3) is 4.87. The number of carbonyl (C=O) groups excluding carboxylic acids is 1. The average Bonchev–Trinajstić information content (AvgIpc) is 3.34. The van der Waals surface area contributed by atoms with Gasteiger partial charge < -0.3 is 9.32 Å². The monoisotopic (exact) mass is 450 g/mol. The van der Waals surface area contributed by atoms with Gasteiger partial charge in [-0.25, -0.2) is 8.42 Å². The Balaban J connectivity index is 1.26. The van der Waals surface area contributed by atoms with Gasteiger partial charge in [-0.15, -0.1) is 10.2 Å². The number of sulfone groups is 1. The molecule has 2 saturated heterocycles. The molecule has 2 aromatic rings. The minimum absolute atomic E-state index is 0.0321. The van der Waals surface area contributed by atoms with Crippen LogP contribution in [0.2, 0.25) is 0 Å². The van der Waals surface area contributed by atoms with Crippen molar-refractivity contribution >= 4 is 27.5 Å². The molecule has 30 heavy (non-hydrogen) atoms. The van der Waals surface area contributed by atoms with E-state index in [1.54, 1.807) is 0 Å². The first-order valence-electron chi connectivity index (χ1n) is 10.1. The van der Waals surface area contributed by atoms with Gasteiger partial charge in [0.25, 0.3) is 5.22 Å². The highest BCUT2D eigenvalue weighted by molar-refractivity contribution is 7.99. The van der Waals surface area contributed by atoms with Crippen LogP contribution in [0.25, 0.3) is 11.5 Å². The van der Waals surface area contributed by atoms with Crippen molar-refractivity contribution in [1.29, 1.82) is 0 Å². The lowest BCUT2D eigenvalue weighted by Gasteiger charge is -2.37. The molecular formula is C20H26N4O4S2. The van der Waals surface area contributed by atoms with Crippen LogP contribution in [0.3, 0.4) is 0 Å². The van der Waals surface area contributed by atoms with Crippen molar-refractivity contribution in [3.8, 4) is 11.5 Å². The summed E-state index contributed by atoms with van der Waals surface area (Å²) in [5, 5.41) is 8.53. The Morgan fingerprint density at radius 2 is 1.93 bits per heavy atom. The molecule has 2 aliphatic rings. The van der Waals surface area contributed by atoms with Crippen molar-refractivity contribution in [3.63, 3.8) is 0 Å². The first-order valence-corrected chi connectivity index (χ1v) is 12.9. The fourth-order valence-corrected chi connectivity index (χ4v) is 6.30. The van der Waals surface area contributed by atoms with E-state index in [1.807, 2.05) is 30.0 Å². The Morgan fingerprint density at radius 1 is 1.17 bits per heavy atom. The summed E-state index contributed by atoms with van der Waals surface area (Å²) >= 11 is 1.25. The van der Waals surface area contributed by atoms with E-state index in [0.717, 1.165) is 11.1 Å². The lowest BCUT2D eigenvalue weighted by Crippen LogP contribution is -2.52. The lowest BCUT2D eigenvalue weighted by atomic mass is 10.1. The van der Waals surface area contributed by atoms with Crippen LogP contribution in [0.5, 0.6) is 0 Å². The van der Waals surface area contributed by atoms with Crippen LogP contribution in [0, 0.1) is 13.8 Å². The van der Waals surface area contributed by atoms with E-state index in [0.29, 0.717) is 43.7 Å². The molecule has 0 bridgehead atoms. The van der Waals surface area contributed by atoms with Gasteiger partial charge in [-0.05, 0) is 43.5 Å². The van der Waals surface area contributed by atoms with Crippen molar-refractivity contribution < 1.29 is 17.6 Å². The Labute approximate surface area is 180 Å². The van der Waals surface area contributed by atoms with E-state index in [-0.39, 0.29) is 29.2 Å². The standard InChI is InChI=1S/C20H26N4O4S2/c1-14-3-4-16(11-15(14)2)19-21-22-20(28-19)29-12-18(25)24-8-6-23(7-9-24)17-5-10-30(26,27)13-17/h3-4,11,17H,5-10,12-13H2,1-2H3. The van der Waals surface area contributed by atoms with Gasteiger partial charge in [0.15, 0.2) is 9.84 Å². The van der Waals surface area contributed by atoms with Crippen LogP contribution in [-0.2, 0) is 14.6 Å². The maximum Gasteiger partial charge on any atom is 0.277 e. The highest BCUT2D eigenvalue weighted by Gasteiger charge is 2.34. The maximum atomic E-state index is 12.6. The second-order valence-corrected chi connectivity index (χ2v) is 11.1. The van der Waals surface area contributed by atoms with Gasteiger partial charge in [0.05, 0.1) is 17.3 Å². The third-order valence-corrected chi connectivity index (χ3v) is 8.42. The molecule has 0 radical (unpaired) electrons. The van der Waals surface area contributed by atoms with E-state index < -0.39 is 9.84 Å². The molecule has 1 unspecified atom stereocenters. The largest absolute Gasteiger partial charge is 0.411 e. The molecule has 8 nitrogen and oxygen atoms in total. The number of nitrogens with zero attached hydrogens (tertiary/aromatic N) is 4. The minimum atomic E-state index is -2.89. The number of benzene rings is 1. The van der Waals surface area contributed by atoms with Gasteiger partial charge in [-0.3, -0.25) is 9.69 Å². The average molecular weight is 451 g/mol. The quantitative estimate of drug-likeness (QED) is 0.636. The van der Waals surface area contributed by atoms with Crippen LogP contribution in [0.4, 0.5) is 0 Å². The fourth-order valence-electron chi connectivity index (χ4n) is 3.87. The Kier molecular flexibility index (Phi) is 6.17. The van der Waals surface area contributed by atoms with Crippen LogP contribution < -0.4 is 0 Å².